The normalized spacial score (nSPS) is 12.0. The number of aryl methyl sites for hydroxylation is 1. The Balaban J connectivity index is 1.90. The van der Waals surface area contributed by atoms with Gasteiger partial charge in [-0.1, -0.05) is 50.2 Å². The Bertz CT molecular complexity index is 748. The molecule has 2 aromatic carbocycles. The van der Waals surface area contributed by atoms with Crippen LogP contribution in [0, 0.1) is 5.92 Å². The van der Waals surface area contributed by atoms with Crippen molar-refractivity contribution in [2.24, 2.45) is 5.92 Å². The van der Waals surface area contributed by atoms with E-state index in [1.165, 1.54) is 5.56 Å². The molecule has 0 aliphatic rings. The summed E-state index contributed by atoms with van der Waals surface area (Å²) in [6, 6.07) is 15.9. The molecule has 144 valence electrons. The van der Waals surface area contributed by atoms with Crippen molar-refractivity contribution in [3.8, 4) is 0 Å². The Kier molecular flexibility index (Phi) is 7.59. The van der Waals surface area contributed by atoms with Gasteiger partial charge in [-0.05, 0) is 60.9 Å². The first-order chi connectivity index (χ1) is 12.8. The summed E-state index contributed by atoms with van der Waals surface area (Å²) in [4.78, 5) is 23.1. The predicted molar refractivity (Wildman–Crippen MR) is 109 cm³/mol. The van der Waals surface area contributed by atoms with Crippen molar-refractivity contribution in [1.29, 1.82) is 0 Å². The van der Waals surface area contributed by atoms with E-state index in [1.54, 1.807) is 0 Å². The molecule has 1 amide bonds. The number of amides is 1. The van der Waals surface area contributed by atoms with E-state index in [0.717, 1.165) is 29.7 Å². The highest BCUT2D eigenvalue weighted by Crippen LogP contribution is 2.20. The first kappa shape index (κ1) is 20.7. The third-order valence-electron chi connectivity index (χ3n) is 4.59. The topological polar surface area (TPSA) is 66.4 Å². The van der Waals surface area contributed by atoms with E-state index in [2.05, 4.69) is 31.3 Å². The molecule has 2 aromatic rings. The molecular weight excluding hydrogens is 338 g/mol. The summed E-state index contributed by atoms with van der Waals surface area (Å²) in [5, 5.41) is 11.6. The SMILES string of the molecule is CC(C)Cc1ccc(C(C)C(=O)Nc2ccc(CCCC(=O)O)cc2)cc1. The van der Waals surface area contributed by atoms with E-state index in [-0.39, 0.29) is 18.2 Å². The minimum absolute atomic E-state index is 0.0368. The number of rotatable bonds is 9. The number of hydrogen-bond acceptors (Lipinski definition) is 2. The number of benzene rings is 2. The zero-order chi connectivity index (χ0) is 19.8. The number of carboxylic acid groups (broad SMARTS) is 1. The number of carbonyl (C=O) groups is 2. The van der Waals surface area contributed by atoms with Crippen molar-refractivity contribution >= 4 is 17.6 Å². The first-order valence-corrected chi connectivity index (χ1v) is 9.55. The summed E-state index contributed by atoms with van der Waals surface area (Å²) in [7, 11) is 0. The third-order valence-corrected chi connectivity index (χ3v) is 4.59. The van der Waals surface area contributed by atoms with Crippen molar-refractivity contribution in [3.63, 3.8) is 0 Å². The standard InChI is InChI=1S/C23H29NO3/c1-16(2)15-19-7-11-20(12-8-19)17(3)23(27)24-21-13-9-18(10-14-21)5-4-6-22(25)26/h7-14,16-17H,4-6,15H2,1-3H3,(H,24,27)(H,25,26). The fourth-order valence-corrected chi connectivity index (χ4v) is 3.01. The molecule has 27 heavy (non-hydrogen) atoms. The van der Waals surface area contributed by atoms with Gasteiger partial charge in [0.1, 0.15) is 0 Å². The van der Waals surface area contributed by atoms with Gasteiger partial charge in [0.05, 0.1) is 5.92 Å². The van der Waals surface area contributed by atoms with Gasteiger partial charge in [0.2, 0.25) is 5.91 Å². The van der Waals surface area contributed by atoms with E-state index in [0.29, 0.717) is 12.3 Å². The highest BCUT2D eigenvalue weighted by molar-refractivity contribution is 5.95. The second kappa shape index (κ2) is 9.91. The van der Waals surface area contributed by atoms with Gasteiger partial charge < -0.3 is 10.4 Å². The molecular formula is C23H29NO3. The van der Waals surface area contributed by atoms with Gasteiger partial charge >= 0.3 is 5.97 Å². The molecule has 2 rings (SSSR count). The lowest BCUT2D eigenvalue weighted by Crippen LogP contribution is -2.18. The van der Waals surface area contributed by atoms with Gasteiger partial charge in [-0.15, -0.1) is 0 Å². The predicted octanol–water partition coefficient (Wildman–Crippen LogP) is 5.03. The lowest BCUT2D eigenvalue weighted by molar-refractivity contribution is -0.137. The second-order valence-electron chi connectivity index (χ2n) is 7.49. The number of aliphatic carboxylic acids is 1. The fraction of sp³-hybridized carbons (Fsp3) is 0.391. The number of hydrogen-bond donors (Lipinski definition) is 2. The van der Waals surface area contributed by atoms with Crippen molar-refractivity contribution in [2.75, 3.05) is 5.32 Å². The highest BCUT2D eigenvalue weighted by atomic mass is 16.4. The third kappa shape index (κ3) is 6.89. The number of carboxylic acids is 1. The van der Waals surface area contributed by atoms with Crippen LogP contribution in [0.2, 0.25) is 0 Å². The van der Waals surface area contributed by atoms with Crippen LogP contribution in [0.4, 0.5) is 5.69 Å². The Morgan fingerprint density at radius 2 is 1.52 bits per heavy atom. The Morgan fingerprint density at radius 3 is 2.07 bits per heavy atom. The summed E-state index contributed by atoms with van der Waals surface area (Å²) < 4.78 is 0. The monoisotopic (exact) mass is 367 g/mol. The summed E-state index contributed by atoms with van der Waals surface area (Å²) >= 11 is 0. The second-order valence-corrected chi connectivity index (χ2v) is 7.49. The molecule has 0 bridgehead atoms. The molecule has 0 radical (unpaired) electrons. The van der Waals surface area contributed by atoms with Crippen LogP contribution in [0.1, 0.15) is 56.2 Å². The largest absolute Gasteiger partial charge is 0.481 e. The number of nitrogens with one attached hydrogen (secondary N) is 1. The molecule has 2 N–H and O–H groups in total. The van der Waals surface area contributed by atoms with Crippen LogP contribution in [-0.2, 0) is 22.4 Å². The van der Waals surface area contributed by atoms with Crippen molar-refractivity contribution < 1.29 is 14.7 Å². The van der Waals surface area contributed by atoms with Crippen LogP contribution in [0.15, 0.2) is 48.5 Å². The van der Waals surface area contributed by atoms with E-state index in [1.807, 2.05) is 43.3 Å². The fourth-order valence-electron chi connectivity index (χ4n) is 3.01. The van der Waals surface area contributed by atoms with E-state index in [9.17, 15) is 9.59 Å². The molecule has 0 saturated heterocycles. The van der Waals surface area contributed by atoms with Crippen LogP contribution in [0.3, 0.4) is 0 Å². The van der Waals surface area contributed by atoms with Crippen molar-refractivity contribution in [1.82, 2.24) is 0 Å². The Labute approximate surface area is 161 Å². The Hall–Kier alpha value is -2.62. The van der Waals surface area contributed by atoms with Crippen molar-refractivity contribution in [3.05, 3.63) is 65.2 Å². The molecule has 1 unspecified atom stereocenters. The molecule has 4 heteroatoms. The maximum Gasteiger partial charge on any atom is 0.303 e. The number of anilines is 1. The lowest BCUT2D eigenvalue weighted by Gasteiger charge is -2.14. The quantitative estimate of drug-likeness (QED) is 0.653. The summed E-state index contributed by atoms with van der Waals surface area (Å²) in [6.45, 7) is 6.30. The van der Waals surface area contributed by atoms with Crippen LogP contribution in [0.25, 0.3) is 0 Å². The van der Waals surface area contributed by atoms with Gasteiger partial charge in [0, 0.05) is 12.1 Å². The minimum atomic E-state index is -0.773. The summed E-state index contributed by atoms with van der Waals surface area (Å²) in [6.07, 6.45) is 2.55. The van der Waals surface area contributed by atoms with Gasteiger partial charge in [0.25, 0.3) is 0 Å². The van der Waals surface area contributed by atoms with E-state index >= 15 is 0 Å². The number of carbonyl (C=O) groups excluding carboxylic acids is 1. The van der Waals surface area contributed by atoms with Crippen LogP contribution < -0.4 is 5.32 Å². The van der Waals surface area contributed by atoms with Crippen molar-refractivity contribution in [2.45, 2.75) is 52.4 Å². The molecule has 0 fully saturated rings. The van der Waals surface area contributed by atoms with Gasteiger partial charge in [-0.2, -0.15) is 0 Å². The maximum atomic E-state index is 12.5. The van der Waals surface area contributed by atoms with Crippen LogP contribution >= 0.6 is 0 Å². The average molecular weight is 367 g/mol. The van der Waals surface area contributed by atoms with Gasteiger partial charge in [-0.25, -0.2) is 0 Å². The van der Waals surface area contributed by atoms with Crippen LogP contribution in [-0.4, -0.2) is 17.0 Å². The average Bonchev–Trinajstić information content (AvgIpc) is 2.62. The molecule has 0 saturated carbocycles. The van der Waals surface area contributed by atoms with Crippen LogP contribution in [0.5, 0.6) is 0 Å². The molecule has 4 nitrogen and oxygen atoms in total. The summed E-state index contributed by atoms with van der Waals surface area (Å²) in [5.74, 6) is -0.424. The zero-order valence-corrected chi connectivity index (χ0v) is 16.4. The smallest absolute Gasteiger partial charge is 0.303 e. The lowest BCUT2D eigenvalue weighted by atomic mass is 9.96. The first-order valence-electron chi connectivity index (χ1n) is 9.55. The molecule has 0 aliphatic heterocycles. The van der Waals surface area contributed by atoms with Gasteiger partial charge in [-0.3, -0.25) is 9.59 Å². The zero-order valence-electron chi connectivity index (χ0n) is 16.4. The highest BCUT2D eigenvalue weighted by Gasteiger charge is 2.15. The maximum absolute atomic E-state index is 12.5. The molecule has 0 heterocycles. The molecule has 0 spiro atoms. The van der Waals surface area contributed by atoms with E-state index in [4.69, 9.17) is 5.11 Å². The molecule has 0 aliphatic carbocycles. The summed E-state index contributed by atoms with van der Waals surface area (Å²) in [5.41, 5.74) is 4.12. The molecule has 0 aromatic heterocycles. The van der Waals surface area contributed by atoms with E-state index < -0.39 is 5.97 Å². The molecule has 1 atom stereocenters. The van der Waals surface area contributed by atoms with Gasteiger partial charge in [0.15, 0.2) is 0 Å². The Morgan fingerprint density at radius 1 is 0.926 bits per heavy atom. The minimum Gasteiger partial charge on any atom is -0.481 e.